The molecule has 0 aliphatic carbocycles. The van der Waals surface area contributed by atoms with Gasteiger partial charge in [-0.25, -0.2) is 8.42 Å². The summed E-state index contributed by atoms with van der Waals surface area (Å²) in [6, 6.07) is 10.3. The van der Waals surface area contributed by atoms with E-state index in [1.807, 2.05) is 19.9 Å². The van der Waals surface area contributed by atoms with Gasteiger partial charge in [-0.2, -0.15) is 0 Å². The third-order valence-corrected chi connectivity index (χ3v) is 5.04. The van der Waals surface area contributed by atoms with E-state index in [0.717, 1.165) is 11.1 Å². The van der Waals surface area contributed by atoms with E-state index < -0.39 is 10.0 Å². The van der Waals surface area contributed by atoms with Gasteiger partial charge in [0.05, 0.1) is 15.6 Å². The predicted octanol–water partition coefficient (Wildman–Crippen LogP) is 4.07. The largest absolute Gasteiger partial charge is 0.278 e. The van der Waals surface area contributed by atoms with Gasteiger partial charge in [-0.15, -0.1) is 0 Å². The zero-order valence-electron chi connectivity index (χ0n) is 11.6. The Labute approximate surface area is 124 Å². The Morgan fingerprint density at radius 1 is 0.950 bits per heavy atom. The molecular weight excluding hydrogens is 294 g/mol. The second-order valence-electron chi connectivity index (χ2n) is 4.79. The lowest BCUT2D eigenvalue weighted by atomic mass is 10.1. The molecule has 0 spiro atoms. The van der Waals surface area contributed by atoms with Crippen molar-refractivity contribution in [1.82, 2.24) is 0 Å². The zero-order valence-corrected chi connectivity index (χ0v) is 13.1. The van der Waals surface area contributed by atoms with Crippen molar-refractivity contribution in [2.75, 3.05) is 4.72 Å². The fraction of sp³-hybridized carbons (Fsp3) is 0.200. The highest BCUT2D eigenvalue weighted by Gasteiger charge is 2.18. The van der Waals surface area contributed by atoms with E-state index in [-0.39, 0.29) is 4.90 Å². The number of aryl methyl sites for hydroxylation is 3. The molecule has 0 heterocycles. The average molecular weight is 310 g/mol. The van der Waals surface area contributed by atoms with Gasteiger partial charge < -0.3 is 0 Å². The number of benzene rings is 2. The number of hydrogen-bond acceptors (Lipinski definition) is 2. The van der Waals surface area contributed by atoms with Crippen molar-refractivity contribution in [2.45, 2.75) is 25.7 Å². The van der Waals surface area contributed by atoms with Gasteiger partial charge in [0, 0.05) is 0 Å². The van der Waals surface area contributed by atoms with Crippen LogP contribution in [0.1, 0.15) is 16.7 Å². The SMILES string of the molecule is Cc1cc(C)c(S(=O)(=O)Nc2ccccc2Cl)cc1C. The summed E-state index contributed by atoms with van der Waals surface area (Å²) in [6.07, 6.45) is 0. The summed E-state index contributed by atoms with van der Waals surface area (Å²) in [5, 5.41) is 0.373. The normalized spacial score (nSPS) is 11.4. The maximum Gasteiger partial charge on any atom is 0.262 e. The molecule has 0 saturated heterocycles. The molecule has 0 aliphatic heterocycles. The van der Waals surface area contributed by atoms with Gasteiger partial charge in [-0.1, -0.05) is 29.8 Å². The molecule has 2 rings (SSSR count). The Balaban J connectivity index is 2.47. The Morgan fingerprint density at radius 3 is 2.20 bits per heavy atom. The first-order valence-corrected chi connectivity index (χ1v) is 8.02. The summed E-state index contributed by atoms with van der Waals surface area (Å²) in [6.45, 7) is 5.64. The van der Waals surface area contributed by atoms with E-state index in [9.17, 15) is 8.42 Å². The smallest absolute Gasteiger partial charge is 0.262 e. The number of anilines is 1. The van der Waals surface area contributed by atoms with Gasteiger partial charge in [0.1, 0.15) is 0 Å². The van der Waals surface area contributed by atoms with Crippen LogP contribution in [-0.2, 0) is 10.0 Å². The third-order valence-electron chi connectivity index (χ3n) is 3.20. The highest BCUT2D eigenvalue weighted by atomic mass is 35.5. The minimum Gasteiger partial charge on any atom is -0.278 e. The molecule has 0 unspecified atom stereocenters. The van der Waals surface area contributed by atoms with Crippen LogP contribution < -0.4 is 4.72 Å². The number of rotatable bonds is 3. The third kappa shape index (κ3) is 2.97. The molecule has 0 bridgehead atoms. The lowest BCUT2D eigenvalue weighted by Crippen LogP contribution is -2.15. The van der Waals surface area contributed by atoms with Crippen molar-refractivity contribution >= 4 is 27.3 Å². The van der Waals surface area contributed by atoms with Gasteiger partial charge in [0.25, 0.3) is 10.0 Å². The summed E-state index contributed by atoms with van der Waals surface area (Å²) < 4.78 is 27.5. The number of para-hydroxylation sites is 1. The van der Waals surface area contributed by atoms with Crippen LogP contribution in [0, 0.1) is 20.8 Å². The van der Waals surface area contributed by atoms with Crippen LogP contribution in [0.4, 0.5) is 5.69 Å². The first kappa shape index (κ1) is 14.9. The van der Waals surface area contributed by atoms with E-state index in [2.05, 4.69) is 4.72 Å². The highest BCUT2D eigenvalue weighted by Crippen LogP contribution is 2.26. The fourth-order valence-corrected chi connectivity index (χ4v) is 3.60. The van der Waals surface area contributed by atoms with Gasteiger partial charge >= 0.3 is 0 Å². The topological polar surface area (TPSA) is 46.2 Å². The zero-order chi connectivity index (χ0) is 14.9. The number of hydrogen-bond donors (Lipinski definition) is 1. The molecule has 1 N–H and O–H groups in total. The number of halogens is 1. The monoisotopic (exact) mass is 309 g/mol. The van der Waals surface area contributed by atoms with Crippen LogP contribution in [0.2, 0.25) is 5.02 Å². The van der Waals surface area contributed by atoms with Crippen molar-refractivity contribution < 1.29 is 8.42 Å². The number of nitrogens with one attached hydrogen (secondary N) is 1. The van der Waals surface area contributed by atoms with E-state index in [1.54, 1.807) is 37.3 Å². The van der Waals surface area contributed by atoms with Crippen LogP contribution in [0.15, 0.2) is 41.3 Å². The molecule has 3 nitrogen and oxygen atoms in total. The molecule has 106 valence electrons. The van der Waals surface area contributed by atoms with Gasteiger partial charge in [-0.05, 0) is 55.7 Å². The van der Waals surface area contributed by atoms with E-state index in [4.69, 9.17) is 11.6 Å². The first-order valence-electron chi connectivity index (χ1n) is 6.16. The molecule has 0 saturated carbocycles. The van der Waals surface area contributed by atoms with Gasteiger partial charge in [0.2, 0.25) is 0 Å². The second kappa shape index (κ2) is 5.46. The standard InChI is InChI=1S/C15H16ClNO2S/c1-10-8-12(3)15(9-11(10)2)20(18,19)17-14-7-5-4-6-13(14)16/h4-9,17H,1-3H3. The van der Waals surface area contributed by atoms with Crippen molar-refractivity contribution in [3.8, 4) is 0 Å². The minimum atomic E-state index is -3.64. The summed E-state index contributed by atoms with van der Waals surface area (Å²) in [5.41, 5.74) is 3.11. The molecule has 0 fully saturated rings. The van der Waals surface area contributed by atoms with Gasteiger partial charge in [0.15, 0.2) is 0 Å². The van der Waals surface area contributed by atoms with Gasteiger partial charge in [-0.3, -0.25) is 4.72 Å². The van der Waals surface area contributed by atoms with Crippen LogP contribution in [-0.4, -0.2) is 8.42 Å². The van der Waals surface area contributed by atoms with Crippen LogP contribution in [0.25, 0.3) is 0 Å². The van der Waals surface area contributed by atoms with E-state index in [1.165, 1.54) is 0 Å². The molecule has 0 aliphatic rings. The lowest BCUT2D eigenvalue weighted by Gasteiger charge is -2.13. The molecule has 20 heavy (non-hydrogen) atoms. The molecule has 2 aromatic carbocycles. The molecule has 5 heteroatoms. The Hall–Kier alpha value is -1.52. The summed E-state index contributed by atoms with van der Waals surface area (Å²) >= 11 is 5.99. The maximum atomic E-state index is 12.5. The van der Waals surface area contributed by atoms with Crippen molar-refractivity contribution in [3.05, 3.63) is 58.1 Å². The summed E-state index contributed by atoms with van der Waals surface area (Å²) in [5.74, 6) is 0. The Kier molecular flexibility index (Phi) is 4.06. The fourth-order valence-electron chi connectivity index (χ4n) is 1.97. The Morgan fingerprint density at radius 2 is 1.55 bits per heavy atom. The molecule has 0 amide bonds. The van der Waals surface area contributed by atoms with Crippen molar-refractivity contribution in [3.63, 3.8) is 0 Å². The maximum absolute atomic E-state index is 12.5. The second-order valence-corrected chi connectivity index (χ2v) is 6.85. The average Bonchev–Trinajstić information content (AvgIpc) is 2.36. The minimum absolute atomic E-state index is 0.278. The van der Waals surface area contributed by atoms with Crippen molar-refractivity contribution in [1.29, 1.82) is 0 Å². The predicted molar refractivity (Wildman–Crippen MR) is 82.9 cm³/mol. The molecule has 0 atom stereocenters. The number of sulfonamides is 1. The van der Waals surface area contributed by atoms with Crippen molar-refractivity contribution in [2.24, 2.45) is 0 Å². The Bertz CT molecular complexity index is 754. The summed E-state index contributed by atoms with van der Waals surface area (Å²) in [4.78, 5) is 0.278. The van der Waals surface area contributed by atoms with Crippen LogP contribution >= 0.6 is 11.6 Å². The molecule has 2 aromatic rings. The summed E-state index contributed by atoms with van der Waals surface area (Å²) in [7, 11) is -3.64. The molecule has 0 radical (unpaired) electrons. The van der Waals surface area contributed by atoms with Crippen LogP contribution in [0.5, 0.6) is 0 Å². The van der Waals surface area contributed by atoms with Crippen LogP contribution in [0.3, 0.4) is 0 Å². The van der Waals surface area contributed by atoms with E-state index >= 15 is 0 Å². The lowest BCUT2D eigenvalue weighted by molar-refractivity contribution is 0.600. The molecule has 0 aromatic heterocycles. The molecular formula is C15H16ClNO2S. The first-order chi connectivity index (χ1) is 9.31. The quantitative estimate of drug-likeness (QED) is 0.929. The highest BCUT2D eigenvalue weighted by molar-refractivity contribution is 7.92. The van der Waals surface area contributed by atoms with E-state index in [0.29, 0.717) is 16.3 Å².